The Morgan fingerprint density at radius 2 is 1.57 bits per heavy atom. The zero-order valence-electron chi connectivity index (χ0n) is 9.13. The van der Waals surface area contributed by atoms with Crippen LogP contribution in [-0.2, 0) is 0 Å². The van der Waals surface area contributed by atoms with Gasteiger partial charge in [-0.25, -0.2) is 9.97 Å². The van der Waals surface area contributed by atoms with Gasteiger partial charge in [-0.3, -0.25) is 0 Å². The van der Waals surface area contributed by atoms with Crippen molar-refractivity contribution in [3.8, 4) is 0 Å². The Hall–Kier alpha value is -0.830. The van der Waals surface area contributed by atoms with E-state index >= 15 is 0 Å². The molecule has 1 aromatic rings. The van der Waals surface area contributed by atoms with Crippen molar-refractivity contribution >= 4 is 17.4 Å². The number of rotatable bonds is 3. The van der Waals surface area contributed by atoms with E-state index < -0.39 is 0 Å². The zero-order chi connectivity index (χ0) is 10.7. The minimum Gasteiger partial charge on any atom is -0.355 e. The van der Waals surface area contributed by atoms with Crippen LogP contribution in [0, 0.1) is 13.8 Å². The van der Waals surface area contributed by atoms with Crippen LogP contribution in [0.4, 0.5) is 5.82 Å². The van der Waals surface area contributed by atoms with Gasteiger partial charge in [0.05, 0.1) is 11.4 Å². The molecule has 1 rings (SSSR count). The number of anilines is 1. The third-order valence-corrected chi connectivity index (χ3v) is 2.56. The molecule has 1 aromatic heterocycles. The van der Waals surface area contributed by atoms with Gasteiger partial charge in [0, 0.05) is 13.1 Å². The quantitative estimate of drug-likeness (QED) is 0.773. The van der Waals surface area contributed by atoms with E-state index in [0.717, 1.165) is 30.3 Å². The first-order chi connectivity index (χ1) is 6.60. The molecule has 0 aromatic carbocycles. The lowest BCUT2D eigenvalue weighted by Crippen LogP contribution is -2.24. The average molecular weight is 214 g/mol. The molecule has 0 fully saturated rings. The van der Waals surface area contributed by atoms with Crippen LogP contribution in [0.25, 0.3) is 0 Å². The number of halogens is 1. The SMILES string of the molecule is CCN(CC)c1nc(C)c(C)nc1Cl. The molecule has 3 nitrogen and oxygen atoms in total. The number of nitrogens with zero attached hydrogens (tertiary/aromatic N) is 3. The Morgan fingerprint density at radius 1 is 1.07 bits per heavy atom. The van der Waals surface area contributed by atoms with Gasteiger partial charge in [0.1, 0.15) is 0 Å². The molecule has 1 heterocycles. The number of hydrogen-bond acceptors (Lipinski definition) is 3. The molecule has 0 unspecified atom stereocenters. The number of aryl methyl sites for hydroxylation is 2. The van der Waals surface area contributed by atoms with Crippen LogP contribution in [-0.4, -0.2) is 23.1 Å². The Morgan fingerprint density at radius 3 is 2.07 bits per heavy atom. The number of hydrogen-bond donors (Lipinski definition) is 0. The molecule has 0 N–H and O–H groups in total. The van der Waals surface area contributed by atoms with E-state index in [-0.39, 0.29) is 0 Å². The molecule has 0 amide bonds. The molecule has 0 aliphatic rings. The van der Waals surface area contributed by atoms with Gasteiger partial charge in [-0.15, -0.1) is 0 Å². The topological polar surface area (TPSA) is 29.0 Å². The molecule has 0 bridgehead atoms. The van der Waals surface area contributed by atoms with Crippen LogP contribution in [0.5, 0.6) is 0 Å². The van der Waals surface area contributed by atoms with Crippen LogP contribution in [0.15, 0.2) is 0 Å². The maximum absolute atomic E-state index is 6.04. The summed E-state index contributed by atoms with van der Waals surface area (Å²) in [5.74, 6) is 0.791. The van der Waals surface area contributed by atoms with Crippen molar-refractivity contribution < 1.29 is 0 Å². The van der Waals surface area contributed by atoms with Gasteiger partial charge in [-0.05, 0) is 27.7 Å². The summed E-state index contributed by atoms with van der Waals surface area (Å²) in [5.41, 5.74) is 1.84. The highest BCUT2D eigenvalue weighted by Crippen LogP contribution is 2.22. The molecular weight excluding hydrogens is 198 g/mol. The molecule has 0 saturated heterocycles. The largest absolute Gasteiger partial charge is 0.355 e. The third-order valence-electron chi connectivity index (χ3n) is 2.31. The summed E-state index contributed by atoms with van der Waals surface area (Å²) < 4.78 is 0. The molecule has 0 saturated carbocycles. The molecule has 4 heteroatoms. The van der Waals surface area contributed by atoms with Gasteiger partial charge in [-0.1, -0.05) is 11.6 Å². The fourth-order valence-electron chi connectivity index (χ4n) is 1.29. The second-order valence-electron chi connectivity index (χ2n) is 3.18. The first-order valence-corrected chi connectivity index (χ1v) is 5.23. The van der Waals surface area contributed by atoms with E-state index in [1.54, 1.807) is 0 Å². The lowest BCUT2D eigenvalue weighted by Gasteiger charge is -2.21. The standard InChI is InChI=1S/C10H16ClN3/c1-5-14(6-2)10-9(11)12-7(3)8(4)13-10/h5-6H2,1-4H3. The summed E-state index contributed by atoms with van der Waals surface area (Å²) in [4.78, 5) is 10.8. The van der Waals surface area contributed by atoms with Crippen LogP contribution >= 0.6 is 11.6 Å². The molecule has 0 spiro atoms. The first-order valence-electron chi connectivity index (χ1n) is 4.85. The Kier molecular flexibility index (Phi) is 3.69. The predicted molar refractivity (Wildman–Crippen MR) is 60.1 cm³/mol. The van der Waals surface area contributed by atoms with Crippen LogP contribution in [0.1, 0.15) is 25.2 Å². The van der Waals surface area contributed by atoms with E-state index in [1.165, 1.54) is 0 Å². The summed E-state index contributed by atoms with van der Waals surface area (Å²) >= 11 is 6.04. The number of aromatic nitrogens is 2. The van der Waals surface area contributed by atoms with Crippen molar-refractivity contribution in [3.63, 3.8) is 0 Å². The smallest absolute Gasteiger partial charge is 0.171 e. The van der Waals surface area contributed by atoms with Crippen molar-refractivity contribution in [2.45, 2.75) is 27.7 Å². The molecule has 0 radical (unpaired) electrons. The minimum atomic E-state index is 0.497. The summed E-state index contributed by atoms with van der Waals surface area (Å²) in [5, 5.41) is 0.497. The highest BCUT2D eigenvalue weighted by molar-refractivity contribution is 6.31. The summed E-state index contributed by atoms with van der Waals surface area (Å²) in [6, 6.07) is 0. The van der Waals surface area contributed by atoms with Crippen LogP contribution in [0.3, 0.4) is 0 Å². The second kappa shape index (κ2) is 4.60. The van der Waals surface area contributed by atoms with Gasteiger partial charge in [-0.2, -0.15) is 0 Å². The van der Waals surface area contributed by atoms with Gasteiger partial charge in [0.2, 0.25) is 0 Å². The van der Waals surface area contributed by atoms with Crippen LogP contribution in [0.2, 0.25) is 5.15 Å². The first kappa shape index (κ1) is 11.2. The van der Waals surface area contributed by atoms with Crippen molar-refractivity contribution in [3.05, 3.63) is 16.5 Å². The predicted octanol–water partition coefficient (Wildman–Crippen LogP) is 2.59. The molecule has 0 aliphatic heterocycles. The normalized spacial score (nSPS) is 10.4. The minimum absolute atomic E-state index is 0.497. The Balaban J connectivity index is 3.14. The van der Waals surface area contributed by atoms with E-state index in [1.807, 2.05) is 13.8 Å². The molecular formula is C10H16ClN3. The highest BCUT2D eigenvalue weighted by atomic mass is 35.5. The van der Waals surface area contributed by atoms with E-state index in [4.69, 9.17) is 11.6 Å². The maximum atomic E-state index is 6.04. The summed E-state index contributed by atoms with van der Waals surface area (Å²) in [6.45, 7) is 9.82. The van der Waals surface area contributed by atoms with Gasteiger partial charge < -0.3 is 4.90 Å². The average Bonchev–Trinajstić information content (AvgIpc) is 2.15. The third kappa shape index (κ3) is 2.15. The second-order valence-corrected chi connectivity index (χ2v) is 3.54. The summed E-state index contributed by atoms with van der Waals surface area (Å²) in [6.07, 6.45) is 0. The van der Waals surface area contributed by atoms with Gasteiger partial charge >= 0.3 is 0 Å². The van der Waals surface area contributed by atoms with Crippen molar-refractivity contribution in [2.24, 2.45) is 0 Å². The molecule has 0 aliphatic carbocycles. The zero-order valence-corrected chi connectivity index (χ0v) is 9.89. The van der Waals surface area contributed by atoms with E-state index in [0.29, 0.717) is 5.15 Å². The lowest BCUT2D eigenvalue weighted by atomic mass is 10.3. The fraction of sp³-hybridized carbons (Fsp3) is 0.600. The molecule has 14 heavy (non-hydrogen) atoms. The Labute approximate surface area is 90.1 Å². The van der Waals surface area contributed by atoms with Gasteiger partial charge in [0.15, 0.2) is 11.0 Å². The Bertz CT molecular complexity index is 321. The highest BCUT2D eigenvalue weighted by Gasteiger charge is 2.11. The summed E-state index contributed by atoms with van der Waals surface area (Å²) in [7, 11) is 0. The van der Waals surface area contributed by atoms with Crippen molar-refractivity contribution in [1.82, 2.24) is 9.97 Å². The fourth-order valence-corrected chi connectivity index (χ4v) is 1.58. The van der Waals surface area contributed by atoms with Crippen LogP contribution < -0.4 is 4.90 Å². The maximum Gasteiger partial charge on any atom is 0.171 e. The van der Waals surface area contributed by atoms with E-state index in [2.05, 4.69) is 28.7 Å². The van der Waals surface area contributed by atoms with Crippen molar-refractivity contribution in [1.29, 1.82) is 0 Å². The van der Waals surface area contributed by atoms with Crippen molar-refractivity contribution in [2.75, 3.05) is 18.0 Å². The molecule has 78 valence electrons. The molecule has 0 atom stereocenters. The van der Waals surface area contributed by atoms with Gasteiger partial charge in [0.25, 0.3) is 0 Å². The van der Waals surface area contributed by atoms with E-state index in [9.17, 15) is 0 Å². The monoisotopic (exact) mass is 213 g/mol. The lowest BCUT2D eigenvalue weighted by molar-refractivity contribution is 0.831.